The number of ether oxygens (including phenoxy) is 1. The van der Waals surface area contributed by atoms with E-state index in [1.54, 1.807) is 0 Å². The van der Waals surface area contributed by atoms with E-state index in [0.29, 0.717) is 6.42 Å². The SMILES string of the molecule is N#CCc1ccccc1CC(=O)OC1CCC1. The van der Waals surface area contributed by atoms with Crippen molar-refractivity contribution in [3.63, 3.8) is 0 Å². The number of hydrogen-bond acceptors (Lipinski definition) is 3. The highest BCUT2D eigenvalue weighted by atomic mass is 16.5. The third-order valence-corrected chi connectivity index (χ3v) is 3.07. The van der Waals surface area contributed by atoms with Crippen LogP contribution in [-0.4, -0.2) is 12.1 Å². The first-order valence-electron chi connectivity index (χ1n) is 5.93. The van der Waals surface area contributed by atoms with Gasteiger partial charge in [0.05, 0.1) is 18.9 Å². The van der Waals surface area contributed by atoms with Gasteiger partial charge in [0.25, 0.3) is 0 Å². The fraction of sp³-hybridized carbons (Fsp3) is 0.429. The van der Waals surface area contributed by atoms with Crippen LogP contribution in [0.2, 0.25) is 0 Å². The summed E-state index contributed by atoms with van der Waals surface area (Å²) in [5.74, 6) is -0.180. The predicted octanol–water partition coefficient (Wildman–Crippen LogP) is 2.39. The number of nitrogens with zero attached hydrogens (tertiary/aromatic N) is 1. The standard InChI is InChI=1S/C14H15NO2/c15-9-8-11-4-1-2-5-12(11)10-14(16)17-13-6-3-7-13/h1-2,4-5,13H,3,6-8,10H2. The van der Waals surface area contributed by atoms with Gasteiger partial charge >= 0.3 is 5.97 Å². The lowest BCUT2D eigenvalue weighted by molar-refractivity contribution is -0.152. The number of esters is 1. The quantitative estimate of drug-likeness (QED) is 0.745. The molecule has 3 heteroatoms. The highest BCUT2D eigenvalue weighted by Crippen LogP contribution is 2.22. The zero-order chi connectivity index (χ0) is 12.1. The molecule has 0 bridgehead atoms. The summed E-state index contributed by atoms with van der Waals surface area (Å²) < 4.78 is 5.30. The van der Waals surface area contributed by atoms with Crippen molar-refractivity contribution >= 4 is 5.97 Å². The highest BCUT2D eigenvalue weighted by molar-refractivity contribution is 5.73. The molecule has 0 heterocycles. The zero-order valence-electron chi connectivity index (χ0n) is 9.69. The topological polar surface area (TPSA) is 50.1 Å². The van der Waals surface area contributed by atoms with Gasteiger partial charge in [0.1, 0.15) is 6.10 Å². The number of carbonyl (C=O) groups excluding carboxylic acids is 1. The Morgan fingerprint density at radius 1 is 1.35 bits per heavy atom. The molecule has 1 saturated carbocycles. The minimum Gasteiger partial charge on any atom is -0.462 e. The maximum atomic E-state index is 11.7. The van der Waals surface area contributed by atoms with Crippen molar-refractivity contribution in [2.24, 2.45) is 0 Å². The van der Waals surface area contributed by atoms with Gasteiger partial charge in [-0.05, 0) is 30.4 Å². The van der Waals surface area contributed by atoms with Crippen LogP contribution in [0.25, 0.3) is 0 Å². The van der Waals surface area contributed by atoms with Crippen LogP contribution in [0.15, 0.2) is 24.3 Å². The molecule has 0 saturated heterocycles. The van der Waals surface area contributed by atoms with Crippen molar-refractivity contribution in [2.75, 3.05) is 0 Å². The van der Waals surface area contributed by atoms with Crippen LogP contribution in [0.3, 0.4) is 0 Å². The van der Waals surface area contributed by atoms with Crippen LogP contribution in [0.1, 0.15) is 30.4 Å². The Labute approximate surface area is 101 Å². The molecule has 1 aromatic rings. The van der Waals surface area contributed by atoms with Gasteiger partial charge < -0.3 is 4.74 Å². The summed E-state index contributed by atoms with van der Waals surface area (Å²) in [6, 6.07) is 9.64. The van der Waals surface area contributed by atoms with E-state index in [4.69, 9.17) is 10.00 Å². The molecule has 1 fully saturated rings. The maximum Gasteiger partial charge on any atom is 0.310 e. The molecule has 0 radical (unpaired) electrons. The molecule has 0 spiro atoms. The Hall–Kier alpha value is -1.82. The molecule has 3 nitrogen and oxygen atoms in total. The maximum absolute atomic E-state index is 11.7. The summed E-state index contributed by atoms with van der Waals surface area (Å²) in [5.41, 5.74) is 1.82. The van der Waals surface area contributed by atoms with E-state index in [-0.39, 0.29) is 18.5 Å². The van der Waals surface area contributed by atoms with E-state index in [0.717, 1.165) is 30.4 Å². The summed E-state index contributed by atoms with van der Waals surface area (Å²) in [6.45, 7) is 0. The summed E-state index contributed by atoms with van der Waals surface area (Å²) in [4.78, 5) is 11.7. The summed E-state index contributed by atoms with van der Waals surface area (Å²) >= 11 is 0. The van der Waals surface area contributed by atoms with Gasteiger partial charge in [-0.1, -0.05) is 24.3 Å². The Bertz CT molecular complexity index is 444. The van der Waals surface area contributed by atoms with Crippen molar-refractivity contribution in [3.8, 4) is 6.07 Å². The lowest BCUT2D eigenvalue weighted by atomic mass is 9.96. The minimum atomic E-state index is -0.180. The first-order chi connectivity index (χ1) is 8.29. The number of carbonyl (C=O) groups is 1. The van der Waals surface area contributed by atoms with Crippen LogP contribution < -0.4 is 0 Å². The second-order valence-corrected chi connectivity index (χ2v) is 4.32. The third kappa shape index (κ3) is 3.07. The zero-order valence-corrected chi connectivity index (χ0v) is 9.69. The van der Waals surface area contributed by atoms with E-state index in [1.807, 2.05) is 24.3 Å². The molecular formula is C14H15NO2. The molecule has 0 unspecified atom stereocenters. The van der Waals surface area contributed by atoms with Crippen molar-refractivity contribution in [2.45, 2.75) is 38.2 Å². The second kappa shape index (κ2) is 5.49. The van der Waals surface area contributed by atoms with Gasteiger partial charge in [0.15, 0.2) is 0 Å². The van der Waals surface area contributed by atoms with E-state index in [2.05, 4.69) is 6.07 Å². The molecule has 0 N–H and O–H groups in total. The smallest absolute Gasteiger partial charge is 0.310 e. The van der Waals surface area contributed by atoms with Crippen LogP contribution >= 0.6 is 0 Å². The van der Waals surface area contributed by atoms with E-state index < -0.39 is 0 Å². The van der Waals surface area contributed by atoms with Crippen LogP contribution in [0, 0.1) is 11.3 Å². The normalized spacial score (nSPS) is 14.8. The second-order valence-electron chi connectivity index (χ2n) is 4.32. The van der Waals surface area contributed by atoms with Gasteiger partial charge in [-0.15, -0.1) is 0 Å². The van der Waals surface area contributed by atoms with Gasteiger partial charge in [-0.3, -0.25) is 4.79 Å². The van der Waals surface area contributed by atoms with Gasteiger partial charge in [-0.25, -0.2) is 0 Å². The molecule has 0 aromatic heterocycles. The summed E-state index contributed by atoms with van der Waals surface area (Å²) in [5, 5.41) is 8.70. The van der Waals surface area contributed by atoms with Crippen LogP contribution in [0.4, 0.5) is 0 Å². The Morgan fingerprint density at radius 2 is 2.06 bits per heavy atom. The highest BCUT2D eigenvalue weighted by Gasteiger charge is 2.21. The van der Waals surface area contributed by atoms with Gasteiger partial charge in [-0.2, -0.15) is 5.26 Å². The molecule has 1 aromatic carbocycles. The molecule has 1 aliphatic rings. The predicted molar refractivity (Wildman–Crippen MR) is 63.2 cm³/mol. The van der Waals surface area contributed by atoms with E-state index in [1.165, 1.54) is 0 Å². The Morgan fingerprint density at radius 3 is 2.65 bits per heavy atom. The summed E-state index contributed by atoms with van der Waals surface area (Å²) in [7, 11) is 0. The fourth-order valence-electron chi connectivity index (χ4n) is 1.86. The van der Waals surface area contributed by atoms with Crippen molar-refractivity contribution in [1.82, 2.24) is 0 Å². The molecule has 2 rings (SSSR count). The summed E-state index contributed by atoms with van der Waals surface area (Å²) in [6.07, 6.45) is 3.88. The average Bonchev–Trinajstić information content (AvgIpc) is 2.27. The molecular weight excluding hydrogens is 214 g/mol. The van der Waals surface area contributed by atoms with Gasteiger partial charge in [0.2, 0.25) is 0 Å². The first kappa shape index (κ1) is 11.7. The first-order valence-corrected chi connectivity index (χ1v) is 5.93. The monoisotopic (exact) mass is 229 g/mol. The third-order valence-electron chi connectivity index (χ3n) is 3.07. The molecule has 0 aliphatic heterocycles. The van der Waals surface area contributed by atoms with Crippen molar-refractivity contribution in [3.05, 3.63) is 35.4 Å². The van der Waals surface area contributed by atoms with E-state index >= 15 is 0 Å². The largest absolute Gasteiger partial charge is 0.462 e. The number of hydrogen-bond donors (Lipinski definition) is 0. The van der Waals surface area contributed by atoms with Crippen LogP contribution in [0.5, 0.6) is 0 Å². The molecule has 1 aliphatic carbocycles. The van der Waals surface area contributed by atoms with Crippen molar-refractivity contribution < 1.29 is 9.53 Å². The molecule has 17 heavy (non-hydrogen) atoms. The van der Waals surface area contributed by atoms with Crippen LogP contribution in [-0.2, 0) is 22.4 Å². The Kier molecular flexibility index (Phi) is 3.77. The lowest BCUT2D eigenvalue weighted by Crippen LogP contribution is -2.26. The Balaban J connectivity index is 1.97. The molecule has 88 valence electrons. The van der Waals surface area contributed by atoms with Gasteiger partial charge in [0, 0.05) is 0 Å². The number of nitriles is 1. The number of rotatable bonds is 4. The minimum absolute atomic E-state index is 0.130. The average molecular weight is 229 g/mol. The fourth-order valence-corrected chi connectivity index (χ4v) is 1.86. The lowest BCUT2D eigenvalue weighted by Gasteiger charge is -2.25. The van der Waals surface area contributed by atoms with E-state index in [9.17, 15) is 4.79 Å². The molecule has 0 amide bonds. The number of benzene rings is 1. The molecule has 0 atom stereocenters. The van der Waals surface area contributed by atoms with Crippen molar-refractivity contribution in [1.29, 1.82) is 5.26 Å².